The normalized spacial score (nSPS) is 22.0. The van der Waals surface area contributed by atoms with E-state index >= 15 is 0 Å². The quantitative estimate of drug-likeness (QED) is 0.757. The minimum Gasteiger partial charge on any atom is -0.384 e. The number of likely N-dealkylation sites (N-methyl/N-ethyl adjacent to an activating group) is 1. The molecule has 0 saturated carbocycles. The SMILES string of the molecule is CCNC(C)(C#N)CN1CCC(COC)CC1. The smallest absolute Gasteiger partial charge is 0.116 e. The number of nitrogens with zero attached hydrogens (tertiary/aromatic N) is 2. The van der Waals surface area contributed by atoms with E-state index in [1.54, 1.807) is 7.11 Å². The zero-order valence-corrected chi connectivity index (χ0v) is 11.3. The van der Waals surface area contributed by atoms with Crippen molar-refractivity contribution in [1.29, 1.82) is 5.26 Å². The van der Waals surface area contributed by atoms with E-state index in [1.807, 2.05) is 13.8 Å². The molecule has 1 N–H and O–H groups in total. The molecule has 0 aliphatic carbocycles. The Morgan fingerprint density at radius 1 is 1.47 bits per heavy atom. The molecule has 0 spiro atoms. The van der Waals surface area contributed by atoms with E-state index in [-0.39, 0.29) is 0 Å². The number of methoxy groups -OCH3 is 1. The molecule has 1 heterocycles. The van der Waals surface area contributed by atoms with Gasteiger partial charge in [0.1, 0.15) is 5.54 Å². The summed E-state index contributed by atoms with van der Waals surface area (Å²) in [5.74, 6) is 0.698. The van der Waals surface area contributed by atoms with Crippen LogP contribution in [0.3, 0.4) is 0 Å². The van der Waals surface area contributed by atoms with Gasteiger partial charge in [-0.1, -0.05) is 6.92 Å². The van der Waals surface area contributed by atoms with Crippen LogP contribution in [0.1, 0.15) is 26.7 Å². The molecule has 4 heteroatoms. The van der Waals surface area contributed by atoms with Crippen LogP contribution in [0.25, 0.3) is 0 Å². The second kappa shape index (κ2) is 6.95. The number of ether oxygens (including phenoxy) is 1. The molecule has 0 bridgehead atoms. The summed E-state index contributed by atoms with van der Waals surface area (Å²) in [6, 6.07) is 2.39. The Morgan fingerprint density at radius 2 is 2.12 bits per heavy atom. The minimum atomic E-state index is -0.414. The zero-order chi connectivity index (χ0) is 12.7. The summed E-state index contributed by atoms with van der Waals surface area (Å²) in [7, 11) is 1.77. The van der Waals surface area contributed by atoms with Crippen LogP contribution in [0.5, 0.6) is 0 Å². The van der Waals surface area contributed by atoms with Gasteiger partial charge in [-0.25, -0.2) is 0 Å². The van der Waals surface area contributed by atoms with Gasteiger partial charge in [0.15, 0.2) is 0 Å². The summed E-state index contributed by atoms with van der Waals surface area (Å²) in [5.41, 5.74) is -0.414. The Morgan fingerprint density at radius 3 is 2.59 bits per heavy atom. The van der Waals surface area contributed by atoms with Crippen molar-refractivity contribution in [3.05, 3.63) is 0 Å². The molecule has 1 aliphatic rings. The monoisotopic (exact) mass is 239 g/mol. The number of hydrogen-bond acceptors (Lipinski definition) is 4. The molecular weight excluding hydrogens is 214 g/mol. The van der Waals surface area contributed by atoms with Gasteiger partial charge >= 0.3 is 0 Å². The highest BCUT2D eigenvalue weighted by Gasteiger charge is 2.28. The van der Waals surface area contributed by atoms with E-state index in [4.69, 9.17) is 4.74 Å². The lowest BCUT2D eigenvalue weighted by atomic mass is 9.95. The Hall–Kier alpha value is -0.630. The molecular formula is C13H25N3O. The predicted molar refractivity (Wildman–Crippen MR) is 68.7 cm³/mol. The summed E-state index contributed by atoms with van der Waals surface area (Å²) >= 11 is 0. The van der Waals surface area contributed by atoms with E-state index in [0.29, 0.717) is 5.92 Å². The third-order valence-electron chi connectivity index (χ3n) is 3.46. The largest absolute Gasteiger partial charge is 0.384 e. The molecule has 0 amide bonds. The highest BCUT2D eigenvalue weighted by atomic mass is 16.5. The standard InChI is InChI=1S/C13H25N3O/c1-4-15-13(2,10-14)11-16-7-5-12(6-8-16)9-17-3/h12,15H,4-9,11H2,1-3H3. The predicted octanol–water partition coefficient (Wildman–Crippen LogP) is 1.24. The van der Waals surface area contributed by atoms with Crippen LogP contribution in [0.4, 0.5) is 0 Å². The lowest BCUT2D eigenvalue weighted by Gasteiger charge is -2.36. The van der Waals surface area contributed by atoms with E-state index in [9.17, 15) is 5.26 Å². The highest BCUT2D eigenvalue weighted by Crippen LogP contribution is 2.19. The minimum absolute atomic E-state index is 0.414. The maximum Gasteiger partial charge on any atom is 0.116 e. The van der Waals surface area contributed by atoms with E-state index in [2.05, 4.69) is 16.3 Å². The average Bonchev–Trinajstić information content (AvgIpc) is 2.32. The number of nitriles is 1. The molecule has 1 unspecified atom stereocenters. The molecule has 0 radical (unpaired) electrons. The van der Waals surface area contributed by atoms with Gasteiger partial charge in [0.05, 0.1) is 6.07 Å². The molecule has 4 nitrogen and oxygen atoms in total. The maximum absolute atomic E-state index is 9.22. The first kappa shape index (κ1) is 14.4. The van der Waals surface area contributed by atoms with Gasteiger partial charge in [0, 0.05) is 20.3 Å². The lowest BCUT2D eigenvalue weighted by molar-refractivity contribution is 0.0916. The topological polar surface area (TPSA) is 48.3 Å². The molecule has 1 saturated heterocycles. The number of likely N-dealkylation sites (tertiary alicyclic amines) is 1. The molecule has 98 valence electrons. The maximum atomic E-state index is 9.22. The Balaban J connectivity index is 2.37. The van der Waals surface area contributed by atoms with Crippen LogP contribution in [-0.4, -0.2) is 50.3 Å². The first-order valence-electron chi connectivity index (χ1n) is 6.51. The molecule has 0 aromatic carbocycles. The third kappa shape index (κ3) is 4.63. The molecule has 1 aliphatic heterocycles. The van der Waals surface area contributed by atoms with E-state index in [1.165, 1.54) is 12.8 Å². The third-order valence-corrected chi connectivity index (χ3v) is 3.46. The van der Waals surface area contributed by atoms with Crippen LogP contribution in [0.15, 0.2) is 0 Å². The van der Waals surface area contributed by atoms with Crippen molar-refractivity contribution in [3.63, 3.8) is 0 Å². The van der Waals surface area contributed by atoms with Gasteiger partial charge in [0.2, 0.25) is 0 Å². The molecule has 17 heavy (non-hydrogen) atoms. The summed E-state index contributed by atoms with van der Waals surface area (Å²) in [4.78, 5) is 2.39. The molecule has 1 fully saturated rings. The number of rotatable bonds is 6. The molecule has 1 rings (SSSR count). The molecule has 0 aromatic rings. The Bertz CT molecular complexity index is 256. The summed E-state index contributed by atoms with van der Waals surface area (Å²) < 4.78 is 5.19. The van der Waals surface area contributed by atoms with Crippen LogP contribution >= 0.6 is 0 Å². The van der Waals surface area contributed by atoms with Gasteiger partial charge in [-0.3, -0.25) is 5.32 Å². The van der Waals surface area contributed by atoms with Crippen molar-refractivity contribution in [2.24, 2.45) is 5.92 Å². The van der Waals surface area contributed by atoms with Crippen molar-refractivity contribution in [1.82, 2.24) is 10.2 Å². The van der Waals surface area contributed by atoms with Crippen molar-refractivity contribution in [2.45, 2.75) is 32.2 Å². The number of piperidine rings is 1. The van der Waals surface area contributed by atoms with Crippen molar-refractivity contribution >= 4 is 0 Å². The Labute approximate surface area is 105 Å². The van der Waals surface area contributed by atoms with Crippen LogP contribution < -0.4 is 5.32 Å². The number of hydrogen-bond donors (Lipinski definition) is 1. The zero-order valence-electron chi connectivity index (χ0n) is 11.3. The summed E-state index contributed by atoms with van der Waals surface area (Å²) in [5, 5.41) is 12.5. The molecule has 0 aromatic heterocycles. The second-order valence-electron chi connectivity index (χ2n) is 5.15. The van der Waals surface area contributed by atoms with Crippen LogP contribution in [0.2, 0.25) is 0 Å². The fourth-order valence-corrected chi connectivity index (χ4v) is 2.52. The average molecular weight is 239 g/mol. The fourth-order valence-electron chi connectivity index (χ4n) is 2.52. The molecule has 1 atom stereocenters. The van der Waals surface area contributed by atoms with Crippen molar-refractivity contribution in [3.8, 4) is 6.07 Å². The summed E-state index contributed by atoms with van der Waals surface area (Å²) in [6.07, 6.45) is 2.36. The van der Waals surface area contributed by atoms with E-state index < -0.39 is 5.54 Å². The van der Waals surface area contributed by atoms with Gasteiger partial charge in [-0.05, 0) is 45.3 Å². The Kier molecular flexibility index (Phi) is 5.90. The van der Waals surface area contributed by atoms with Gasteiger partial charge in [-0.15, -0.1) is 0 Å². The van der Waals surface area contributed by atoms with Gasteiger partial charge in [0.25, 0.3) is 0 Å². The van der Waals surface area contributed by atoms with Gasteiger partial charge < -0.3 is 9.64 Å². The van der Waals surface area contributed by atoms with Crippen LogP contribution in [-0.2, 0) is 4.74 Å². The van der Waals surface area contributed by atoms with Crippen molar-refractivity contribution < 1.29 is 4.74 Å². The highest BCUT2D eigenvalue weighted by molar-refractivity contribution is 5.05. The van der Waals surface area contributed by atoms with Crippen LogP contribution in [0, 0.1) is 17.2 Å². The summed E-state index contributed by atoms with van der Waals surface area (Å²) in [6.45, 7) is 8.71. The van der Waals surface area contributed by atoms with Gasteiger partial charge in [-0.2, -0.15) is 5.26 Å². The first-order valence-corrected chi connectivity index (χ1v) is 6.51. The van der Waals surface area contributed by atoms with E-state index in [0.717, 1.165) is 32.8 Å². The lowest BCUT2D eigenvalue weighted by Crippen LogP contribution is -2.52. The number of nitrogens with one attached hydrogen (secondary N) is 1. The first-order chi connectivity index (χ1) is 8.13. The van der Waals surface area contributed by atoms with Crippen molar-refractivity contribution in [2.75, 3.05) is 39.9 Å². The fraction of sp³-hybridized carbons (Fsp3) is 0.923. The second-order valence-corrected chi connectivity index (χ2v) is 5.15.